The maximum atomic E-state index is 11.0. The molecule has 4 heterocycles. The number of β-amino-alcohol motifs (C(OH)–C–C–N with tert-alkyl or cyclic N) is 1. The third-order valence-corrected chi connectivity index (χ3v) is 7.91. The predicted molar refractivity (Wildman–Crippen MR) is 151 cm³/mol. The SMILES string of the molecule is Cc1cccc(C)c1Nc1nn(C)c2nc(Nc3ccc4c(c3)CN(CC3(O)CCNCC3)CC4)ncc12. The van der Waals surface area contributed by atoms with Crippen LogP contribution >= 0.6 is 0 Å². The van der Waals surface area contributed by atoms with E-state index in [4.69, 9.17) is 4.98 Å². The first-order valence-electron chi connectivity index (χ1n) is 13.4. The van der Waals surface area contributed by atoms with E-state index < -0.39 is 5.60 Å². The molecule has 198 valence electrons. The topological polar surface area (TPSA) is 103 Å². The molecule has 0 aliphatic carbocycles. The molecule has 0 unspecified atom stereocenters. The maximum absolute atomic E-state index is 11.0. The number of piperidine rings is 1. The van der Waals surface area contributed by atoms with Crippen LogP contribution in [0.1, 0.15) is 35.1 Å². The smallest absolute Gasteiger partial charge is 0.229 e. The number of para-hydroxylation sites is 1. The van der Waals surface area contributed by atoms with Gasteiger partial charge in [0.05, 0.1) is 11.0 Å². The Labute approximate surface area is 223 Å². The van der Waals surface area contributed by atoms with Crippen LogP contribution in [0.3, 0.4) is 0 Å². The van der Waals surface area contributed by atoms with Crippen LogP contribution in [0, 0.1) is 13.8 Å². The van der Waals surface area contributed by atoms with Gasteiger partial charge in [-0.05, 0) is 80.6 Å². The lowest BCUT2D eigenvalue weighted by Gasteiger charge is -2.39. The van der Waals surface area contributed by atoms with Gasteiger partial charge in [-0.15, -0.1) is 0 Å². The van der Waals surface area contributed by atoms with Crippen LogP contribution in [0.25, 0.3) is 11.0 Å². The monoisotopic (exact) mass is 512 g/mol. The highest BCUT2D eigenvalue weighted by Gasteiger charge is 2.32. The van der Waals surface area contributed by atoms with Crippen LogP contribution in [0.5, 0.6) is 0 Å². The summed E-state index contributed by atoms with van der Waals surface area (Å²) in [7, 11) is 1.90. The average Bonchev–Trinajstić information content (AvgIpc) is 3.21. The molecule has 2 aliphatic heterocycles. The Morgan fingerprint density at radius 3 is 2.63 bits per heavy atom. The minimum atomic E-state index is -0.587. The van der Waals surface area contributed by atoms with Gasteiger partial charge < -0.3 is 21.1 Å². The number of anilines is 4. The number of hydrogen-bond acceptors (Lipinski definition) is 8. The van der Waals surface area contributed by atoms with Gasteiger partial charge in [0.25, 0.3) is 0 Å². The molecule has 0 amide bonds. The van der Waals surface area contributed by atoms with E-state index in [-0.39, 0.29) is 0 Å². The van der Waals surface area contributed by atoms with Gasteiger partial charge in [0.2, 0.25) is 5.95 Å². The molecule has 2 aromatic carbocycles. The van der Waals surface area contributed by atoms with Crippen molar-refractivity contribution in [2.45, 2.75) is 45.3 Å². The molecule has 6 rings (SSSR count). The highest BCUT2D eigenvalue weighted by atomic mass is 16.3. The van der Waals surface area contributed by atoms with Crippen molar-refractivity contribution in [1.82, 2.24) is 30.0 Å². The molecule has 1 fully saturated rings. The number of fused-ring (bicyclic) bond motifs is 2. The van der Waals surface area contributed by atoms with Crippen LogP contribution in [0.15, 0.2) is 42.6 Å². The quantitative estimate of drug-likeness (QED) is 0.308. The molecule has 0 radical (unpaired) electrons. The summed E-state index contributed by atoms with van der Waals surface area (Å²) in [5, 5.41) is 26.8. The zero-order chi connectivity index (χ0) is 26.3. The van der Waals surface area contributed by atoms with E-state index in [0.29, 0.717) is 5.95 Å². The highest BCUT2D eigenvalue weighted by Crippen LogP contribution is 2.30. The summed E-state index contributed by atoms with van der Waals surface area (Å²) in [5.41, 5.74) is 7.19. The normalized spacial score (nSPS) is 17.4. The van der Waals surface area contributed by atoms with Crippen molar-refractivity contribution in [2.75, 3.05) is 36.8 Å². The number of rotatable bonds is 6. The van der Waals surface area contributed by atoms with Crippen molar-refractivity contribution >= 4 is 34.2 Å². The van der Waals surface area contributed by atoms with Crippen molar-refractivity contribution in [3.8, 4) is 0 Å². The van der Waals surface area contributed by atoms with E-state index in [2.05, 4.69) is 81.2 Å². The Morgan fingerprint density at radius 2 is 1.84 bits per heavy atom. The number of aryl methyl sites for hydroxylation is 3. The number of aromatic nitrogens is 4. The second-order valence-electron chi connectivity index (χ2n) is 10.8. The van der Waals surface area contributed by atoms with Crippen molar-refractivity contribution < 1.29 is 5.11 Å². The Hall–Kier alpha value is -3.53. The van der Waals surface area contributed by atoms with E-state index in [0.717, 1.165) is 80.2 Å². The second-order valence-corrected chi connectivity index (χ2v) is 10.8. The van der Waals surface area contributed by atoms with Gasteiger partial charge in [0, 0.05) is 44.3 Å². The largest absolute Gasteiger partial charge is 0.388 e. The number of nitrogens with zero attached hydrogens (tertiary/aromatic N) is 5. The summed E-state index contributed by atoms with van der Waals surface area (Å²) < 4.78 is 1.79. The molecule has 0 saturated carbocycles. The van der Waals surface area contributed by atoms with Gasteiger partial charge in [0.1, 0.15) is 0 Å². The van der Waals surface area contributed by atoms with Crippen molar-refractivity contribution in [1.29, 1.82) is 0 Å². The van der Waals surface area contributed by atoms with E-state index in [1.807, 2.05) is 13.2 Å². The van der Waals surface area contributed by atoms with Crippen molar-refractivity contribution in [3.05, 3.63) is 64.8 Å². The third-order valence-electron chi connectivity index (χ3n) is 7.91. The van der Waals surface area contributed by atoms with Gasteiger partial charge in [0.15, 0.2) is 11.5 Å². The molecule has 0 atom stereocenters. The Balaban J connectivity index is 1.19. The standard InChI is InChI=1S/C29H36N8O/c1-19-5-4-6-20(2)25(19)33-26-24-16-31-28(34-27(24)36(3)35-26)32-23-8-7-21-9-14-37(17-22(21)15-23)18-29(38)10-12-30-13-11-29/h4-8,15-16,30,38H,9-14,17-18H2,1-3H3,(H,33,35)(H,31,32,34). The summed E-state index contributed by atoms with van der Waals surface area (Å²) in [6, 6.07) is 12.7. The molecule has 0 bridgehead atoms. The zero-order valence-electron chi connectivity index (χ0n) is 22.4. The Kier molecular flexibility index (Phi) is 6.51. The first-order valence-corrected chi connectivity index (χ1v) is 13.4. The van der Waals surface area contributed by atoms with Gasteiger partial charge in [-0.25, -0.2) is 9.67 Å². The molecule has 9 heteroatoms. The molecule has 0 spiro atoms. The highest BCUT2D eigenvalue weighted by molar-refractivity contribution is 5.90. The van der Waals surface area contributed by atoms with Gasteiger partial charge >= 0.3 is 0 Å². The van der Waals surface area contributed by atoms with E-state index in [1.165, 1.54) is 22.3 Å². The van der Waals surface area contributed by atoms with Gasteiger partial charge in [-0.2, -0.15) is 10.1 Å². The van der Waals surface area contributed by atoms with Crippen LogP contribution in [-0.2, 0) is 20.0 Å². The zero-order valence-corrected chi connectivity index (χ0v) is 22.4. The fourth-order valence-electron chi connectivity index (χ4n) is 5.74. The van der Waals surface area contributed by atoms with Crippen LogP contribution in [0.2, 0.25) is 0 Å². The predicted octanol–water partition coefficient (Wildman–Crippen LogP) is 3.94. The fraction of sp³-hybridized carbons (Fsp3) is 0.414. The van der Waals surface area contributed by atoms with Crippen LogP contribution in [-0.4, -0.2) is 61.5 Å². The molecule has 4 aromatic rings. The van der Waals surface area contributed by atoms with Gasteiger partial charge in [-0.3, -0.25) is 4.90 Å². The summed E-state index contributed by atoms with van der Waals surface area (Å²) in [5.74, 6) is 1.28. The molecule has 38 heavy (non-hydrogen) atoms. The molecular weight excluding hydrogens is 476 g/mol. The summed E-state index contributed by atoms with van der Waals surface area (Å²) in [4.78, 5) is 11.8. The number of nitrogens with one attached hydrogen (secondary N) is 3. The average molecular weight is 513 g/mol. The summed E-state index contributed by atoms with van der Waals surface area (Å²) >= 11 is 0. The summed E-state index contributed by atoms with van der Waals surface area (Å²) in [6.07, 6.45) is 4.45. The lowest BCUT2D eigenvalue weighted by Crippen LogP contribution is -2.50. The van der Waals surface area contributed by atoms with Crippen molar-refractivity contribution in [2.24, 2.45) is 7.05 Å². The lowest BCUT2D eigenvalue weighted by atomic mass is 9.90. The third kappa shape index (κ3) is 4.97. The first-order chi connectivity index (χ1) is 18.4. The number of aliphatic hydroxyl groups is 1. The second kappa shape index (κ2) is 9.98. The Bertz CT molecular complexity index is 1450. The number of hydrogen-bond donors (Lipinski definition) is 4. The molecule has 2 aromatic heterocycles. The fourth-order valence-corrected chi connectivity index (χ4v) is 5.74. The molecule has 9 nitrogen and oxygen atoms in total. The van der Waals surface area contributed by atoms with Crippen molar-refractivity contribution in [3.63, 3.8) is 0 Å². The minimum Gasteiger partial charge on any atom is -0.388 e. The number of benzene rings is 2. The van der Waals surface area contributed by atoms with E-state index in [9.17, 15) is 5.11 Å². The summed E-state index contributed by atoms with van der Waals surface area (Å²) in [6.45, 7) is 8.50. The first kappa shape index (κ1) is 24.8. The maximum Gasteiger partial charge on any atom is 0.229 e. The van der Waals surface area contributed by atoms with E-state index in [1.54, 1.807) is 4.68 Å². The molecule has 4 N–H and O–H groups in total. The van der Waals surface area contributed by atoms with E-state index >= 15 is 0 Å². The lowest BCUT2D eigenvalue weighted by molar-refractivity contribution is -0.0239. The van der Waals surface area contributed by atoms with Gasteiger partial charge in [-0.1, -0.05) is 24.3 Å². The van der Waals surface area contributed by atoms with Crippen LogP contribution < -0.4 is 16.0 Å². The molecular formula is C29H36N8O. The Morgan fingerprint density at radius 1 is 1.05 bits per heavy atom. The molecule has 1 saturated heterocycles. The minimum absolute atomic E-state index is 0.538. The van der Waals surface area contributed by atoms with Crippen LogP contribution in [0.4, 0.5) is 23.1 Å². The molecule has 2 aliphatic rings.